The van der Waals surface area contributed by atoms with E-state index in [-0.39, 0.29) is 22.5 Å². The smallest absolute Gasteiger partial charge is 0.340 e. The van der Waals surface area contributed by atoms with Crippen molar-refractivity contribution in [3.05, 3.63) is 22.6 Å². The highest BCUT2D eigenvalue weighted by Gasteiger charge is 2.35. The molecule has 1 aliphatic carbocycles. The van der Waals surface area contributed by atoms with E-state index in [9.17, 15) is 14.7 Å². The Balaban J connectivity index is 2.62. The van der Waals surface area contributed by atoms with Gasteiger partial charge in [0, 0.05) is 11.3 Å². The van der Waals surface area contributed by atoms with Gasteiger partial charge in [0.25, 0.3) is 0 Å². The van der Waals surface area contributed by atoms with Crippen LogP contribution in [-0.2, 0) is 5.41 Å². The number of carbonyl (C=O) groups is 2. The summed E-state index contributed by atoms with van der Waals surface area (Å²) in [5, 5.41) is 9.40. The van der Waals surface area contributed by atoms with E-state index in [4.69, 9.17) is 4.42 Å². The van der Waals surface area contributed by atoms with E-state index in [1.807, 2.05) is 20.8 Å². The van der Waals surface area contributed by atoms with E-state index < -0.39 is 5.97 Å². The van der Waals surface area contributed by atoms with Crippen LogP contribution >= 0.6 is 0 Å². The largest absolute Gasteiger partial charge is 0.478 e. The van der Waals surface area contributed by atoms with Crippen molar-refractivity contribution in [2.24, 2.45) is 0 Å². The fourth-order valence-corrected chi connectivity index (χ4v) is 2.83. The van der Waals surface area contributed by atoms with Crippen LogP contribution in [0, 0.1) is 0 Å². The average molecular weight is 264 g/mol. The molecule has 0 bridgehead atoms. The van der Waals surface area contributed by atoms with Crippen LogP contribution < -0.4 is 0 Å². The Bertz CT molecular complexity index is 499. The van der Waals surface area contributed by atoms with Crippen LogP contribution in [0.15, 0.2) is 4.42 Å². The third kappa shape index (κ3) is 2.44. The SMILES string of the molecule is CC(C)(C)c1oc(C2CCCC2)c(C(=O)O)c1C=O. The molecular formula is C15H20O4. The van der Waals surface area contributed by atoms with E-state index in [1.165, 1.54) is 0 Å². The molecule has 1 aromatic rings. The van der Waals surface area contributed by atoms with Gasteiger partial charge < -0.3 is 9.52 Å². The molecule has 4 nitrogen and oxygen atoms in total. The van der Waals surface area contributed by atoms with Gasteiger partial charge in [-0.1, -0.05) is 33.6 Å². The second-order valence-corrected chi connectivity index (χ2v) is 6.24. The predicted molar refractivity (Wildman–Crippen MR) is 71.0 cm³/mol. The predicted octanol–water partition coefficient (Wildman–Crippen LogP) is 3.75. The summed E-state index contributed by atoms with van der Waals surface area (Å²) in [5.41, 5.74) is -0.0918. The van der Waals surface area contributed by atoms with Gasteiger partial charge in [-0.25, -0.2) is 4.79 Å². The lowest BCUT2D eigenvalue weighted by Gasteiger charge is -2.16. The van der Waals surface area contributed by atoms with Gasteiger partial charge in [-0.15, -0.1) is 0 Å². The van der Waals surface area contributed by atoms with E-state index in [0.29, 0.717) is 17.8 Å². The molecule has 1 N–H and O–H groups in total. The van der Waals surface area contributed by atoms with Crippen molar-refractivity contribution in [2.75, 3.05) is 0 Å². The molecule has 0 aromatic carbocycles. The van der Waals surface area contributed by atoms with E-state index in [0.717, 1.165) is 25.7 Å². The molecular weight excluding hydrogens is 244 g/mol. The summed E-state index contributed by atoms with van der Waals surface area (Å²) < 4.78 is 5.83. The number of furan rings is 1. The average Bonchev–Trinajstić information content (AvgIpc) is 2.94. The molecule has 0 spiro atoms. The molecule has 0 amide bonds. The zero-order chi connectivity index (χ0) is 14.2. The number of carboxylic acid groups (broad SMARTS) is 1. The minimum atomic E-state index is -1.07. The Hall–Kier alpha value is -1.58. The van der Waals surface area contributed by atoms with Gasteiger partial charge in [0.05, 0.1) is 5.56 Å². The van der Waals surface area contributed by atoms with E-state index in [1.54, 1.807) is 0 Å². The Morgan fingerprint density at radius 1 is 1.32 bits per heavy atom. The second-order valence-electron chi connectivity index (χ2n) is 6.24. The van der Waals surface area contributed by atoms with Crippen LogP contribution in [0.5, 0.6) is 0 Å². The van der Waals surface area contributed by atoms with Crippen molar-refractivity contribution in [3.63, 3.8) is 0 Å². The van der Waals surface area contributed by atoms with Gasteiger partial charge in [-0.3, -0.25) is 4.79 Å². The molecule has 0 radical (unpaired) electrons. The van der Waals surface area contributed by atoms with Crippen LogP contribution in [0.3, 0.4) is 0 Å². The minimum Gasteiger partial charge on any atom is -0.478 e. The summed E-state index contributed by atoms with van der Waals surface area (Å²) in [6, 6.07) is 0. The monoisotopic (exact) mass is 264 g/mol. The summed E-state index contributed by atoms with van der Waals surface area (Å²) >= 11 is 0. The second kappa shape index (κ2) is 4.83. The maximum Gasteiger partial charge on any atom is 0.340 e. The first-order valence-electron chi connectivity index (χ1n) is 6.72. The number of aromatic carboxylic acids is 1. The van der Waals surface area contributed by atoms with Gasteiger partial charge >= 0.3 is 5.97 Å². The summed E-state index contributed by atoms with van der Waals surface area (Å²) in [5.74, 6) is 0.0583. The lowest BCUT2D eigenvalue weighted by atomic mass is 9.89. The van der Waals surface area contributed by atoms with Crippen molar-refractivity contribution >= 4 is 12.3 Å². The fourth-order valence-electron chi connectivity index (χ4n) is 2.83. The molecule has 1 fully saturated rings. The number of carboxylic acids is 1. The zero-order valence-electron chi connectivity index (χ0n) is 11.7. The highest BCUT2D eigenvalue weighted by Crippen LogP contribution is 2.41. The van der Waals surface area contributed by atoms with Gasteiger partial charge in [0.2, 0.25) is 0 Å². The van der Waals surface area contributed by atoms with Gasteiger partial charge in [-0.05, 0) is 12.8 Å². The van der Waals surface area contributed by atoms with Crippen LogP contribution in [0.2, 0.25) is 0 Å². The molecule has 19 heavy (non-hydrogen) atoms. The first-order valence-corrected chi connectivity index (χ1v) is 6.72. The number of carbonyl (C=O) groups excluding carboxylic acids is 1. The third-order valence-electron chi connectivity index (χ3n) is 3.71. The molecule has 1 aromatic heterocycles. The van der Waals surface area contributed by atoms with Crippen LogP contribution in [0.25, 0.3) is 0 Å². The maximum atomic E-state index is 11.5. The van der Waals surface area contributed by atoms with Crippen molar-refractivity contribution in [3.8, 4) is 0 Å². The Labute approximate surface area is 112 Å². The van der Waals surface area contributed by atoms with Crippen molar-refractivity contribution in [1.82, 2.24) is 0 Å². The summed E-state index contributed by atoms with van der Waals surface area (Å²) in [7, 11) is 0. The normalized spacial score (nSPS) is 16.8. The number of rotatable bonds is 3. The van der Waals surface area contributed by atoms with Crippen LogP contribution in [0.4, 0.5) is 0 Å². The summed E-state index contributed by atoms with van der Waals surface area (Å²) in [6.45, 7) is 5.76. The Kier molecular flexibility index (Phi) is 3.52. The zero-order valence-corrected chi connectivity index (χ0v) is 11.7. The molecule has 0 saturated heterocycles. The molecule has 1 aliphatic rings. The standard InChI is InChI=1S/C15H20O4/c1-15(2,3)13-10(8-16)11(14(17)18)12(19-13)9-6-4-5-7-9/h8-9H,4-7H2,1-3H3,(H,17,18). The lowest BCUT2D eigenvalue weighted by molar-refractivity contribution is 0.0691. The highest BCUT2D eigenvalue weighted by molar-refractivity contribution is 5.99. The number of aldehydes is 1. The van der Waals surface area contributed by atoms with Gasteiger partial charge in [0.1, 0.15) is 17.1 Å². The number of hydrogen-bond acceptors (Lipinski definition) is 3. The fraction of sp³-hybridized carbons (Fsp3) is 0.600. The molecule has 0 aliphatic heterocycles. The lowest BCUT2D eigenvalue weighted by Crippen LogP contribution is -2.13. The molecule has 2 rings (SSSR count). The first-order chi connectivity index (χ1) is 8.86. The first kappa shape index (κ1) is 13.8. The quantitative estimate of drug-likeness (QED) is 0.844. The molecule has 0 unspecified atom stereocenters. The topological polar surface area (TPSA) is 67.5 Å². The maximum absolute atomic E-state index is 11.5. The van der Waals surface area contributed by atoms with Gasteiger partial charge in [-0.2, -0.15) is 0 Å². The van der Waals surface area contributed by atoms with E-state index >= 15 is 0 Å². The molecule has 104 valence electrons. The van der Waals surface area contributed by atoms with Crippen LogP contribution in [0.1, 0.15) is 84.6 Å². The van der Waals surface area contributed by atoms with Crippen molar-refractivity contribution in [1.29, 1.82) is 0 Å². The highest BCUT2D eigenvalue weighted by atomic mass is 16.4. The van der Waals surface area contributed by atoms with Crippen molar-refractivity contribution in [2.45, 2.75) is 57.8 Å². The number of hydrogen-bond donors (Lipinski definition) is 1. The molecule has 4 heteroatoms. The molecule has 1 heterocycles. The molecule has 1 saturated carbocycles. The summed E-state index contributed by atoms with van der Waals surface area (Å²) in [4.78, 5) is 22.8. The Morgan fingerprint density at radius 2 is 1.89 bits per heavy atom. The van der Waals surface area contributed by atoms with Gasteiger partial charge in [0.15, 0.2) is 6.29 Å². The third-order valence-corrected chi connectivity index (χ3v) is 3.71. The minimum absolute atomic E-state index is 0.0758. The Morgan fingerprint density at radius 3 is 2.32 bits per heavy atom. The van der Waals surface area contributed by atoms with Crippen LogP contribution in [-0.4, -0.2) is 17.4 Å². The molecule has 0 atom stereocenters. The van der Waals surface area contributed by atoms with E-state index in [2.05, 4.69) is 0 Å². The summed E-state index contributed by atoms with van der Waals surface area (Å²) in [6.07, 6.45) is 4.68. The van der Waals surface area contributed by atoms with Crippen molar-refractivity contribution < 1.29 is 19.1 Å².